The molecule has 1 amide bonds. The fourth-order valence-corrected chi connectivity index (χ4v) is 2.30. The van der Waals surface area contributed by atoms with Gasteiger partial charge in [-0.05, 0) is 30.7 Å². The smallest absolute Gasteiger partial charge is 0.244 e. The Kier molecular flexibility index (Phi) is 4.57. The van der Waals surface area contributed by atoms with Crippen molar-refractivity contribution in [3.8, 4) is 11.5 Å². The van der Waals surface area contributed by atoms with E-state index in [1.54, 1.807) is 0 Å². The number of hydrogen-bond donors (Lipinski definition) is 1. The standard InChI is InChI=1S/C18H18N2O3/c1-13(15-7-8-16-17(12-15)23-10-9-22-16)19-20-18(21)11-14-5-3-2-4-6-14/h2-8,12H,9-11H2,1H3,(H,20,21)/b19-13-. The topological polar surface area (TPSA) is 59.9 Å². The zero-order valence-corrected chi connectivity index (χ0v) is 12.9. The average Bonchev–Trinajstić information content (AvgIpc) is 2.60. The highest BCUT2D eigenvalue weighted by molar-refractivity contribution is 5.99. The van der Waals surface area contributed by atoms with E-state index in [0.29, 0.717) is 31.1 Å². The van der Waals surface area contributed by atoms with Gasteiger partial charge in [0.25, 0.3) is 0 Å². The Morgan fingerprint density at radius 3 is 2.61 bits per heavy atom. The van der Waals surface area contributed by atoms with Crippen molar-refractivity contribution in [1.29, 1.82) is 0 Å². The number of hydrazone groups is 1. The molecule has 23 heavy (non-hydrogen) atoms. The zero-order chi connectivity index (χ0) is 16.1. The first-order chi connectivity index (χ1) is 11.2. The molecule has 2 aromatic rings. The first-order valence-corrected chi connectivity index (χ1v) is 7.49. The Balaban J connectivity index is 1.64. The lowest BCUT2D eigenvalue weighted by Crippen LogP contribution is -2.21. The molecule has 0 atom stereocenters. The minimum absolute atomic E-state index is 0.145. The molecule has 1 aliphatic heterocycles. The van der Waals surface area contributed by atoms with Crippen molar-refractivity contribution in [2.75, 3.05) is 13.2 Å². The van der Waals surface area contributed by atoms with Crippen LogP contribution in [0, 0.1) is 0 Å². The molecule has 118 valence electrons. The fourth-order valence-electron chi connectivity index (χ4n) is 2.30. The molecule has 0 aliphatic carbocycles. The molecule has 5 nitrogen and oxygen atoms in total. The van der Waals surface area contributed by atoms with Gasteiger partial charge in [-0.3, -0.25) is 4.79 Å². The maximum atomic E-state index is 11.9. The lowest BCUT2D eigenvalue weighted by atomic mass is 10.1. The third-order valence-electron chi connectivity index (χ3n) is 3.52. The van der Waals surface area contributed by atoms with Gasteiger partial charge in [-0.25, -0.2) is 5.43 Å². The summed E-state index contributed by atoms with van der Waals surface area (Å²) in [5.74, 6) is 1.30. The molecule has 0 radical (unpaired) electrons. The van der Waals surface area contributed by atoms with Crippen LogP contribution in [0.25, 0.3) is 0 Å². The molecule has 1 N–H and O–H groups in total. The maximum Gasteiger partial charge on any atom is 0.244 e. The summed E-state index contributed by atoms with van der Waals surface area (Å²) in [7, 11) is 0. The van der Waals surface area contributed by atoms with Gasteiger partial charge in [-0.2, -0.15) is 5.10 Å². The maximum absolute atomic E-state index is 11.9. The second kappa shape index (κ2) is 6.96. The first-order valence-electron chi connectivity index (χ1n) is 7.49. The van der Waals surface area contributed by atoms with Crippen molar-refractivity contribution in [2.45, 2.75) is 13.3 Å². The van der Waals surface area contributed by atoms with Gasteiger partial charge in [0.2, 0.25) is 5.91 Å². The molecule has 0 saturated heterocycles. The van der Waals surface area contributed by atoms with Crippen LogP contribution in [-0.4, -0.2) is 24.8 Å². The molecule has 0 unspecified atom stereocenters. The van der Waals surface area contributed by atoms with E-state index < -0.39 is 0 Å². The highest BCUT2D eigenvalue weighted by atomic mass is 16.6. The summed E-state index contributed by atoms with van der Waals surface area (Å²) < 4.78 is 11.0. The predicted octanol–water partition coefficient (Wildman–Crippen LogP) is 2.54. The monoisotopic (exact) mass is 310 g/mol. The molecule has 2 aromatic carbocycles. The summed E-state index contributed by atoms with van der Waals surface area (Å²) in [6.45, 7) is 2.95. The van der Waals surface area contributed by atoms with E-state index in [1.807, 2.05) is 55.5 Å². The zero-order valence-electron chi connectivity index (χ0n) is 12.9. The number of carbonyl (C=O) groups excluding carboxylic acids is 1. The molecule has 0 aromatic heterocycles. The highest BCUT2D eigenvalue weighted by Crippen LogP contribution is 2.30. The third kappa shape index (κ3) is 3.88. The lowest BCUT2D eigenvalue weighted by molar-refractivity contribution is -0.120. The van der Waals surface area contributed by atoms with Crippen LogP contribution < -0.4 is 14.9 Å². The number of benzene rings is 2. The Bertz CT molecular complexity index is 726. The predicted molar refractivity (Wildman–Crippen MR) is 87.9 cm³/mol. The van der Waals surface area contributed by atoms with Gasteiger partial charge >= 0.3 is 0 Å². The summed E-state index contributed by atoms with van der Waals surface area (Å²) in [6, 6.07) is 15.2. The van der Waals surface area contributed by atoms with Crippen LogP contribution in [0.2, 0.25) is 0 Å². The van der Waals surface area contributed by atoms with Crippen LogP contribution in [-0.2, 0) is 11.2 Å². The minimum atomic E-state index is -0.145. The van der Waals surface area contributed by atoms with Crippen molar-refractivity contribution in [3.63, 3.8) is 0 Å². The van der Waals surface area contributed by atoms with Crippen LogP contribution in [0.3, 0.4) is 0 Å². The van der Waals surface area contributed by atoms with Crippen LogP contribution in [0.15, 0.2) is 53.6 Å². The Morgan fingerprint density at radius 1 is 1.09 bits per heavy atom. The summed E-state index contributed by atoms with van der Waals surface area (Å²) in [5, 5.41) is 4.16. The molecule has 3 rings (SSSR count). The van der Waals surface area contributed by atoms with Crippen LogP contribution in [0.5, 0.6) is 11.5 Å². The number of nitrogens with one attached hydrogen (secondary N) is 1. The van der Waals surface area contributed by atoms with E-state index >= 15 is 0 Å². The molecule has 0 saturated carbocycles. The molecule has 5 heteroatoms. The number of nitrogens with zero attached hydrogens (tertiary/aromatic N) is 1. The quantitative estimate of drug-likeness (QED) is 0.697. The van der Waals surface area contributed by atoms with Gasteiger partial charge in [0.1, 0.15) is 13.2 Å². The summed E-state index contributed by atoms with van der Waals surface area (Å²) in [6.07, 6.45) is 0.304. The summed E-state index contributed by atoms with van der Waals surface area (Å²) in [5.41, 5.74) is 5.14. The van der Waals surface area contributed by atoms with Crippen LogP contribution in [0.4, 0.5) is 0 Å². The molecule has 0 fully saturated rings. The Morgan fingerprint density at radius 2 is 1.83 bits per heavy atom. The second-order valence-corrected chi connectivity index (χ2v) is 5.25. The Labute approximate surface area is 134 Å². The average molecular weight is 310 g/mol. The summed E-state index contributed by atoms with van der Waals surface area (Å²) >= 11 is 0. The largest absolute Gasteiger partial charge is 0.486 e. The van der Waals surface area contributed by atoms with Gasteiger partial charge in [0.15, 0.2) is 11.5 Å². The highest BCUT2D eigenvalue weighted by Gasteiger charge is 2.12. The van der Waals surface area contributed by atoms with Gasteiger partial charge in [0, 0.05) is 5.56 Å². The van der Waals surface area contributed by atoms with Crippen molar-refractivity contribution < 1.29 is 14.3 Å². The minimum Gasteiger partial charge on any atom is -0.486 e. The van der Waals surface area contributed by atoms with E-state index in [-0.39, 0.29) is 5.91 Å². The number of fused-ring (bicyclic) bond motifs is 1. The second-order valence-electron chi connectivity index (χ2n) is 5.25. The number of hydrogen-bond acceptors (Lipinski definition) is 4. The SMILES string of the molecule is C/C(=N/NC(=O)Cc1ccccc1)c1ccc2c(c1)OCCO2. The number of amides is 1. The molecular formula is C18H18N2O3. The molecular weight excluding hydrogens is 292 g/mol. The van der Waals surface area contributed by atoms with Crippen LogP contribution >= 0.6 is 0 Å². The van der Waals surface area contributed by atoms with Crippen molar-refractivity contribution in [2.24, 2.45) is 5.10 Å². The van der Waals surface area contributed by atoms with E-state index in [9.17, 15) is 4.79 Å². The molecule has 0 spiro atoms. The normalized spacial score (nSPS) is 13.5. The fraction of sp³-hybridized carbons (Fsp3) is 0.222. The Hall–Kier alpha value is -2.82. The van der Waals surface area contributed by atoms with Gasteiger partial charge in [0.05, 0.1) is 12.1 Å². The molecule has 0 bridgehead atoms. The van der Waals surface area contributed by atoms with Crippen molar-refractivity contribution in [1.82, 2.24) is 5.43 Å². The number of carbonyl (C=O) groups is 1. The van der Waals surface area contributed by atoms with Crippen molar-refractivity contribution in [3.05, 3.63) is 59.7 Å². The van der Waals surface area contributed by atoms with Crippen LogP contribution in [0.1, 0.15) is 18.1 Å². The van der Waals surface area contributed by atoms with E-state index in [1.165, 1.54) is 0 Å². The van der Waals surface area contributed by atoms with E-state index in [0.717, 1.165) is 16.9 Å². The number of rotatable bonds is 4. The molecule has 1 heterocycles. The van der Waals surface area contributed by atoms with Gasteiger partial charge in [-0.1, -0.05) is 30.3 Å². The van der Waals surface area contributed by atoms with E-state index in [4.69, 9.17) is 9.47 Å². The summed E-state index contributed by atoms with van der Waals surface area (Å²) in [4.78, 5) is 11.9. The van der Waals surface area contributed by atoms with Gasteiger partial charge in [-0.15, -0.1) is 0 Å². The van der Waals surface area contributed by atoms with Gasteiger partial charge < -0.3 is 9.47 Å². The first kappa shape index (κ1) is 15.1. The van der Waals surface area contributed by atoms with E-state index in [2.05, 4.69) is 10.5 Å². The lowest BCUT2D eigenvalue weighted by Gasteiger charge is -2.18. The van der Waals surface area contributed by atoms with Crippen molar-refractivity contribution >= 4 is 11.6 Å². The number of ether oxygens (including phenoxy) is 2. The molecule has 1 aliphatic rings. The third-order valence-corrected chi connectivity index (χ3v) is 3.52.